The number of nitrogens with one attached hydrogen (secondary N) is 2. The monoisotopic (exact) mass is 357 g/mol. The first-order chi connectivity index (χ1) is 12.3. The van der Waals surface area contributed by atoms with Crippen molar-refractivity contribution in [2.45, 2.75) is 19.1 Å². The van der Waals surface area contributed by atoms with E-state index in [1.165, 1.54) is 10.1 Å². The lowest BCUT2D eigenvalue weighted by atomic mass is 10.2. The molecule has 3 aromatic rings. The summed E-state index contributed by atoms with van der Waals surface area (Å²) >= 11 is 1.62. The normalized spacial score (nSPS) is 13.1. The van der Waals surface area contributed by atoms with Gasteiger partial charge < -0.3 is 15.7 Å². The van der Waals surface area contributed by atoms with Crippen molar-refractivity contribution in [1.82, 2.24) is 20.4 Å². The Kier molecular flexibility index (Phi) is 6.03. The van der Waals surface area contributed by atoms with E-state index >= 15 is 0 Å². The third-order valence-electron chi connectivity index (χ3n) is 3.88. The third-order valence-corrected chi connectivity index (χ3v) is 5.09. The van der Waals surface area contributed by atoms with Crippen molar-refractivity contribution in [2.24, 2.45) is 4.99 Å². The van der Waals surface area contributed by atoms with Gasteiger partial charge in [-0.3, -0.25) is 9.67 Å². The van der Waals surface area contributed by atoms with Crippen LogP contribution in [0.3, 0.4) is 0 Å². The van der Waals surface area contributed by atoms with Crippen LogP contribution in [-0.4, -0.2) is 41.0 Å². The van der Waals surface area contributed by atoms with Crippen LogP contribution in [0.5, 0.6) is 0 Å². The molecular formula is C18H23N5OS. The van der Waals surface area contributed by atoms with Crippen molar-refractivity contribution < 1.29 is 5.11 Å². The fourth-order valence-electron chi connectivity index (χ4n) is 2.56. The first-order valence-electron chi connectivity index (χ1n) is 8.35. The average Bonchev–Trinajstić information content (AvgIpc) is 3.30. The van der Waals surface area contributed by atoms with E-state index in [1.807, 2.05) is 35.1 Å². The van der Waals surface area contributed by atoms with Crippen LogP contribution in [0.4, 0.5) is 0 Å². The molecule has 2 heterocycles. The molecule has 0 saturated carbocycles. The van der Waals surface area contributed by atoms with Crippen molar-refractivity contribution in [3.8, 4) is 0 Å². The van der Waals surface area contributed by atoms with Gasteiger partial charge in [0, 0.05) is 48.7 Å². The molecule has 3 rings (SSSR count). The zero-order valence-electron chi connectivity index (χ0n) is 14.2. The van der Waals surface area contributed by atoms with Crippen molar-refractivity contribution in [1.29, 1.82) is 0 Å². The first kappa shape index (κ1) is 17.4. The SMILES string of the molecule is CN=C(NCCCn1cccn1)NCC(O)c1cc2ccccc2s1. The zero-order chi connectivity index (χ0) is 17.5. The molecule has 7 heteroatoms. The molecule has 0 fully saturated rings. The van der Waals surface area contributed by atoms with E-state index in [2.05, 4.69) is 32.9 Å². The standard InChI is InChI=1S/C18H23N5OS/c1-19-18(20-8-4-10-23-11-5-9-22-23)21-13-15(24)17-12-14-6-2-3-7-16(14)25-17/h2-3,5-7,9,11-12,15,24H,4,8,10,13H2,1H3,(H2,19,20,21). The number of fused-ring (bicyclic) bond motifs is 1. The van der Waals surface area contributed by atoms with Gasteiger partial charge >= 0.3 is 0 Å². The Morgan fingerprint density at radius 1 is 1.32 bits per heavy atom. The predicted molar refractivity (Wildman–Crippen MR) is 103 cm³/mol. The van der Waals surface area contributed by atoms with Gasteiger partial charge in [0.05, 0.1) is 0 Å². The number of aromatic nitrogens is 2. The highest BCUT2D eigenvalue weighted by Crippen LogP contribution is 2.29. The Balaban J connectivity index is 1.43. The molecule has 3 N–H and O–H groups in total. The van der Waals surface area contributed by atoms with Crippen LogP contribution in [0.2, 0.25) is 0 Å². The van der Waals surface area contributed by atoms with E-state index in [4.69, 9.17) is 0 Å². The molecule has 1 unspecified atom stereocenters. The number of rotatable bonds is 7. The zero-order valence-corrected chi connectivity index (χ0v) is 15.0. The van der Waals surface area contributed by atoms with Crippen LogP contribution in [0.15, 0.2) is 53.8 Å². The Bertz CT molecular complexity index is 779. The Hall–Kier alpha value is -2.38. The maximum absolute atomic E-state index is 10.4. The van der Waals surface area contributed by atoms with Gasteiger partial charge in [-0.25, -0.2) is 0 Å². The summed E-state index contributed by atoms with van der Waals surface area (Å²) in [5.41, 5.74) is 0. The molecule has 1 aromatic carbocycles. The van der Waals surface area contributed by atoms with Gasteiger partial charge in [-0.1, -0.05) is 18.2 Å². The lowest BCUT2D eigenvalue weighted by Gasteiger charge is -2.14. The van der Waals surface area contributed by atoms with Gasteiger partial charge in [-0.2, -0.15) is 5.10 Å². The van der Waals surface area contributed by atoms with Crippen molar-refractivity contribution >= 4 is 27.4 Å². The quantitative estimate of drug-likeness (QED) is 0.345. The summed E-state index contributed by atoms with van der Waals surface area (Å²) in [5, 5.41) is 22.2. The molecule has 0 amide bonds. The van der Waals surface area contributed by atoms with Gasteiger partial charge in [-0.15, -0.1) is 11.3 Å². The van der Waals surface area contributed by atoms with Gasteiger partial charge in [0.25, 0.3) is 0 Å². The fraction of sp³-hybridized carbons (Fsp3) is 0.333. The minimum absolute atomic E-state index is 0.422. The molecule has 25 heavy (non-hydrogen) atoms. The minimum Gasteiger partial charge on any atom is -0.386 e. The second kappa shape index (κ2) is 8.64. The molecule has 0 saturated heterocycles. The number of thiophene rings is 1. The lowest BCUT2D eigenvalue weighted by Crippen LogP contribution is -2.39. The van der Waals surface area contributed by atoms with Crippen LogP contribution >= 0.6 is 11.3 Å². The van der Waals surface area contributed by atoms with Crippen LogP contribution in [0.1, 0.15) is 17.4 Å². The third kappa shape index (κ3) is 4.80. The summed E-state index contributed by atoms with van der Waals surface area (Å²) < 4.78 is 3.10. The summed E-state index contributed by atoms with van der Waals surface area (Å²) in [6, 6.07) is 12.1. The highest BCUT2D eigenvalue weighted by molar-refractivity contribution is 7.19. The van der Waals surface area contributed by atoms with Crippen LogP contribution in [0, 0.1) is 0 Å². The fourth-order valence-corrected chi connectivity index (χ4v) is 3.61. The van der Waals surface area contributed by atoms with Crippen molar-refractivity contribution in [3.63, 3.8) is 0 Å². The number of aliphatic hydroxyl groups is 1. The second-order valence-corrected chi connectivity index (χ2v) is 6.82. The number of guanidine groups is 1. The van der Waals surface area contributed by atoms with Gasteiger partial charge in [0.1, 0.15) is 6.10 Å². The Morgan fingerprint density at radius 2 is 2.20 bits per heavy atom. The minimum atomic E-state index is -0.556. The first-order valence-corrected chi connectivity index (χ1v) is 9.16. The topological polar surface area (TPSA) is 74.5 Å². The smallest absolute Gasteiger partial charge is 0.191 e. The Labute approximate surface area is 151 Å². The van der Waals surface area contributed by atoms with Crippen molar-refractivity contribution in [2.75, 3.05) is 20.1 Å². The number of hydrogen-bond acceptors (Lipinski definition) is 4. The Morgan fingerprint density at radius 3 is 2.96 bits per heavy atom. The van der Waals surface area contributed by atoms with Gasteiger partial charge in [0.2, 0.25) is 0 Å². The van der Waals surface area contributed by atoms with E-state index in [-0.39, 0.29) is 0 Å². The number of aliphatic imine (C=N–C) groups is 1. The maximum Gasteiger partial charge on any atom is 0.191 e. The van der Waals surface area contributed by atoms with E-state index in [0.717, 1.165) is 24.4 Å². The number of nitrogens with zero attached hydrogens (tertiary/aromatic N) is 3. The van der Waals surface area contributed by atoms with Crippen molar-refractivity contribution in [3.05, 3.63) is 53.7 Å². The molecule has 0 spiro atoms. The average molecular weight is 357 g/mol. The molecule has 1 atom stereocenters. The predicted octanol–water partition coefficient (Wildman–Crippen LogP) is 2.39. The number of aliphatic hydroxyl groups excluding tert-OH is 1. The molecular weight excluding hydrogens is 334 g/mol. The summed E-state index contributed by atoms with van der Waals surface area (Å²) in [6.07, 6.45) is 4.12. The van der Waals surface area contributed by atoms with E-state index in [1.54, 1.807) is 24.6 Å². The molecule has 0 aliphatic heterocycles. The molecule has 0 bridgehead atoms. The summed E-state index contributed by atoms with van der Waals surface area (Å²) in [4.78, 5) is 5.16. The van der Waals surface area contributed by atoms with Crippen LogP contribution in [0.25, 0.3) is 10.1 Å². The summed E-state index contributed by atoms with van der Waals surface area (Å²) in [5.74, 6) is 0.695. The summed E-state index contributed by atoms with van der Waals surface area (Å²) in [6.45, 7) is 2.07. The second-order valence-electron chi connectivity index (χ2n) is 5.70. The van der Waals surface area contributed by atoms with Gasteiger partial charge in [0.15, 0.2) is 5.96 Å². The highest BCUT2D eigenvalue weighted by Gasteiger charge is 2.12. The molecule has 0 radical (unpaired) electrons. The molecule has 132 valence electrons. The molecule has 0 aliphatic carbocycles. The highest BCUT2D eigenvalue weighted by atomic mass is 32.1. The van der Waals surface area contributed by atoms with Crippen LogP contribution < -0.4 is 10.6 Å². The number of hydrogen-bond donors (Lipinski definition) is 3. The van der Waals surface area contributed by atoms with E-state index in [9.17, 15) is 5.11 Å². The maximum atomic E-state index is 10.4. The van der Waals surface area contributed by atoms with E-state index < -0.39 is 6.10 Å². The number of aryl methyl sites for hydroxylation is 1. The van der Waals surface area contributed by atoms with Crippen LogP contribution in [-0.2, 0) is 6.54 Å². The molecule has 6 nitrogen and oxygen atoms in total. The summed E-state index contributed by atoms with van der Waals surface area (Å²) in [7, 11) is 1.73. The number of benzene rings is 1. The largest absolute Gasteiger partial charge is 0.386 e. The molecule has 0 aliphatic rings. The lowest BCUT2D eigenvalue weighted by molar-refractivity contribution is 0.184. The van der Waals surface area contributed by atoms with Gasteiger partial charge in [-0.05, 0) is 30.0 Å². The molecule has 2 aromatic heterocycles. The van der Waals surface area contributed by atoms with E-state index in [0.29, 0.717) is 12.5 Å².